The first-order chi connectivity index (χ1) is 9.58. The van der Waals surface area contributed by atoms with E-state index in [1.165, 1.54) is 0 Å². The van der Waals surface area contributed by atoms with Crippen molar-refractivity contribution in [3.8, 4) is 0 Å². The van der Waals surface area contributed by atoms with Gasteiger partial charge in [0.05, 0.1) is 24.1 Å². The van der Waals surface area contributed by atoms with Gasteiger partial charge in [-0.2, -0.15) is 0 Å². The second kappa shape index (κ2) is 4.81. The number of aliphatic carboxylic acids is 1. The predicted octanol–water partition coefficient (Wildman–Crippen LogP) is 1.98. The average Bonchev–Trinajstić information content (AvgIpc) is 3.13. The van der Waals surface area contributed by atoms with E-state index in [1.807, 2.05) is 19.1 Å². The van der Waals surface area contributed by atoms with E-state index < -0.39 is 17.8 Å². The van der Waals surface area contributed by atoms with Gasteiger partial charge in [-0.05, 0) is 37.3 Å². The number of nitrogens with one attached hydrogen (secondary N) is 1. The molecular weight excluding hydrogens is 258 g/mol. The second-order valence-corrected chi connectivity index (χ2v) is 5.58. The smallest absolute Gasteiger partial charge is 0.307 e. The van der Waals surface area contributed by atoms with Crippen LogP contribution in [0.4, 0.5) is 0 Å². The van der Waals surface area contributed by atoms with E-state index in [4.69, 9.17) is 4.42 Å². The molecule has 2 aliphatic carbocycles. The van der Waals surface area contributed by atoms with E-state index in [0.29, 0.717) is 5.76 Å². The summed E-state index contributed by atoms with van der Waals surface area (Å²) in [6.07, 6.45) is 6.23. The fourth-order valence-corrected chi connectivity index (χ4v) is 3.43. The molecule has 20 heavy (non-hydrogen) atoms. The summed E-state index contributed by atoms with van der Waals surface area (Å²) >= 11 is 0. The van der Waals surface area contributed by atoms with Crippen molar-refractivity contribution in [3.05, 3.63) is 36.3 Å². The van der Waals surface area contributed by atoms with Gasteiger partial charge in [0.15, 0.2) is 0 Å². The molecular formula is C15H17NO4. The highest BCUT2D eigenvalue weighted by Gasteiger charge is 2.51. The number of carbonyl (C=O) groups is 2. The Morgan fingerprint density at radius 2 is 2.05 bits per heavy atom. The number of carboxylic acid groups (broad SMARTS) is 1. The molecule has 106 valence electrons. The highest BCUT2D eigenvalue weighted by Crippen LogP contribution is 2.48. The molecule has 1 aromatic heterocycles. The van der Waals surface area contributed by atoms with Crippen LogP contribution in [-0.4, -0.2) is 17.0 Å². The molecule has 1 saturated carbocycles. The number of allylic oxidation sites excluding steroid dienone is 2. The van der Waals surface area contributed by atoms with E-state index in [-0.39, 0.29) is 23.8 Å². The molecule has 2 aliphatic rings. The topological polar surface area (TPSA) is 79.5 Å². The molecule has 0 saturated heterocycles. The summed E-state index contributed by atoms with van der Waals surface area (Å²) in [5.74, 6) is -1.44. The summed E-state index contributed by atoms with van der Waals surface area (Å²) in [5.41, 5.74) is 0. The van der Waals surface area contributed by atoms with Gasteiger partial charge in [-0.25, -0.2) is 0 Å². The first-order valence-corrected chi connectivity index (χ1v) is 6.83. The SMILES string of the molecule is C[C@@H](NC(=O)[C@H]1C2C=CC(C2)[C@H]1C(=O)O)c1ccco1. The Balaban J connectivity index is 1.73. The van der Waals surface area contributed by atoms with Gasteiger partial charge in [0.1, 0.15) is 5.76 Å². The van der Waals surface area contributed by atoms with Crippen molar-refractivity contribution in [1.82, 2.24) is 5.32 Å². The quantitative estimate of drug-likeness (QED) is 0.823. The van der Waals surface area contributed by atoms with Crippen molar-refractivity contribution in [3.63, 3.8) is 0 Å². The van der Waals surface area contributed by atoms with Gasteiger partial charge in [-0.1, -0.05) is 12.2 Å². The lowest BCUT2D eigenvalue weighted by molar-refractivity contribution is -0.148. The minimum atomic E-state index is -0.882. The number of hydrogen-bond donors (Lipinski definition) is 2. The number of fused-ring (bicyclic) bond motifs is 2. The molecule has 5 atom stereocenters. The van der Waals surface area contributed by atoms with Gasteiger partial charge in [0.25, 0.3) is 0 Å². The normalized spacial score (nSPS) is 32.2. The number of hydrogen-bond acceptors (Lipinski definition) is 3. The zero-order valence-electron chi connectivity index (χ0n) is 11.2. The lowest BCUT2D eigenvalue weighted by Crippen LogP contribution is -2.41. The van der Waals surface area contributed by atoms with Crippen molar-refractivity contribution in [2.24, 2.45) is 23.7 Å². The number of amides is 1. The molecule has 0 aromatic carbocycles. The lowest BCUT2D eigenvalue weighted by Gasteiger charge is -2.25. The van der Waals surface area contributed by atoms with E-state index in [0.717, 1.165) is 6.42 Å². The van der Waals surface area contributed by atoms with Crippen LogP contribution < -0.4 is 5.32 Å². The Morgan fingerprint density at radius 3 is 2.65 bits per heavy atom. The van der Waals surface area contributed by atoms with Crippen molar-refractivity contribution in [2.75, 3.05) is 0 Å². The van der Waals surface area contributed by atoms with Crippen LogP contribution in [-0.2, 0) is 9.59 Å². The van der Waals surface area contributed by atoms with Gasteiger partial charge in [-0.3, -0.25) is 9.59 Å². The molecule has 5 heteroatoms. The maximum absolute atomic E-state index is 12.4. The molecule has 0 spiro atoms. The predicted molar refractivity (Wildman–Crippen MR) is 70.6 cm³/mol. The summed E-state index contributed by atoms with van der Waals surface area (Å²) in [4.78, 5) is 23.8. The van der Waals surface area contributed by atoms with Gasteiger partial charge >= 0.3 is 5.97 Å². The molecule has 2 unspecified atom stereocenters. The second-order valence-electron chi connectivity index (χ2n) is 5.58. The number of furan rings is 1. The Labute approximate surface area is 116 Å². The van der Waals surface area contributed by atoms with Gasteiger partial charge in [0, 0.05) is 0 Å². The minimum Gasteiger partial charge on any atom is -0.481 e. The van der Waals surface area contributed by atoms with Crippen LogP contribution in [0.2, 0.25) is 0 Å². The summed E-state index contributed by atoms with van der Waals surface area (Å²) in [7, 11) is 0. The van der Waals surface area contributed by atoms with Gasteiger partial charge in [0.2, 0.25) is 5.91 Å². The van der Waals surface area contributed by atoms with Gasteiger partial charge < -0.3 is 14.8 Å². The first kappa shape index (κ1) is 13.0. The third-order valence-corrected chi connectivity index (χ3v) is 4.38. The maximum atomic E-state index is 12.4. The van der Waals surface area contributed by atoms with Crippen molar-refractivity contribution in [1.29, 1.82) is 0 Å². The molecule has 5 nitrogen and oxygen atoms in total. The van der Waals surface area contributed by atoms with Crippen LogP contribution in [0.25, 0.3) is 0 Å². The van der Waals surface area contributed by atoms with Crippen LogP contribution in [0.3, 0.4) is 0 Å². The molecule has 2 bridgehead atoms. The average molecular weight is 275 g/mol. The summed E-state index contributed by atoms with van der Waals surface area (Å²) in [6.45, 7) is 1.83. The first-order valence-electron chi connectivity index (χ1n) is 6.83. The standard InChI is InChI=1S/C15H17NO4/c1-8(11-3-2-6-20-11)16-14(17)12-9-4-5-10(7-9)13(12)15(18)19/h2-6,8-10,12-13H,7H2,1H3,(H,16,17)(H,18,19)/t8-,9?,10?,12+,13-/m1/s1. The molecule has 2 N–H and O–H groups in total. The van der Waals surface area contributed by atoms with E-state index in [9.17, 15) is 14.7 Å². The Hall–Kier alpha value is -2.04. The van der Waals surface area contributed by atoms with E-state index >= 15 is 0 Å². The third-order valence-electron chi connectivity index (χ3n) is 4.38. The van der Waals surface area contributed by atoms with Crippen LogP contribution in [0.15, 0.2) is 35.0 Å². The maximum Gasteiger partial charge on any atom is 0.307 e. The summed E-state index contributed by atoms with van der Waals surface area (Å²) in [6, 6.07) is 3.30. The number of carbonyl (C=O) groups excluding carboxylic acids is 1. The van der Waals surface area contributed by atoms with Crippen LogP contribution in [0.5, 0.6) is 0 Å². The minimum absolute atomic E-state index is 0.00725. The zero-order valence-corrected chi connectivity index (χ0v) is 11.2. The Morgan fingerprint density at radius 1 is 1.35 bits per heavy atom. The molecule has 0 radical (unpaired) electrons. The summed E-state index contributed by atoms with van der Waals surface area (Å²) < 4.78 is 5.25. The number of rotatable bonds is 4. The molecule has 3 rings (SSSR count). The van der Waals surface area contributed by atoms with Crippen LogP contribution >= 0.6 is 0 Å². The van der Waals surface area contributed by atoms with Crippen LogP contribution in [0, 0.1) is 23.7 Å². The highest BCUT2D eigenvalue weighted by atomic mass is 16.4. The third kappa shape index (κ3) is 2.03. The largest absolute Gasteiger partial charge is 0.481 e. The van der Waals surface area contributed by atoms with Crippen molar-refractivity contribution < 1.29 is 19.1 Å². The van der Waals surface area contributed by atoms with Crippen molar-refractivity contribution in [2.45, 2.75) is 19.4 Å². The fraction of sp³-hybridized carbons (Fsp3) is 0.467. The van der Waals surface area contributed by atoms with Crippen molar-refractivity contribution >= 4 is 11.9 Å². The van der Waals surface area contributed by atoms with E-state index in [1.54, 1.807) is 18.4 Å². The molecule has 1 amide bonds. The highest BCUT2D eigenvalue weighted by molar-refractivity contribution is 5.87. The molecule has 1 heterocycles. The van der Waals surface area contributed by atoms with Gasteiger partial charge in [-0.15, -0.1) is 0 Å². The lowest BCUT2D eigenvalue weighted by atomic mass is 9.82. The molecule has 1 fully saturated rings. The number of carboxylic acids is 1. The summed E-state index contributed by atoms with van der Waals surface area (Å²) in [5, 5.41) is 12.2. The molecule has 0 aliphatic heterocycles. The van der Waals surface area contributed by atoms with Crippen LogP contribution in [0.1, 0.15) is 25.1 Å². The molecule has 1 aromatic rings. The van der Waals surface area contributed by atoms with E-state index in [2.05, 4.69) is 5.32 Å². The Bertz CT molecular complexity index is 548. The fourth-order valence-electron chi connectivity index (χ4n) is 3.43. The Kier molecular flexibility index (Phi) is 3.12. The zero-order chi connectivity index (χ0) is 14.3. The monoisotopic (exact) mass is 275 g/mol.